The Bertz CT molecular complexity index is 960. The molecule has 0 unspecified atom stereocenters. The number of carbonyl (C=O) groups is 2. The van der Waals surface area contributed by atoms with Gasteiger partial charge in [0.25, 0.3) is 0 Å². The lowest BCUT2D eigenvalue weighted by atomic mass is 9.89. The molecule has 7 nitrogen and oxygen atoms in total. The van der Waals surface area contributed by atoms with Gasteiger partial charge in [-0.2, -0.15) is 0 Å². The third kappa shape index (κ3) is 4.92. The van der Waals surface area contributed by atoms with E-state index in [-0.39, 0.29) is 24.2 Å². The SMILES string of the molecule is COc1cc(N2C[C@@H](C(=O)N3CCC(Cc4ccccc4)CC3)CC2=O)cc(OC)c1OC. The van der Waals surface area contributed by atoms with Gasteiger partial charge in [0.2, 0.25) is 17.6 Å². The summed E-state index contributed by atoms with van der Waals surface area (Å²) in [5, 5.41) is 0. The van der Waals surface area contributed by atoms with Crippen molar-refractivity contribution in [3.8, 4) is 17.2 Å². The number of benzene rings is 2. The molecule has 7 heteroatoms. The van der Waals surface area contributed by atoms with Gasteiger partial charge in [-0.3, -0.25) is 9.59 Å². The van der Waals surface area contributed by atoms with E-state index in [2.05, 4.69) is 24.3 Å². The van der Waals surface area contributed by atoms with Gasteiger partial charge in [-0.1, -0.05) is 30.3 Å². The number of anilines is 1. The number of methoxy groups -OCH3 is 3. The van der Waals surface area contributed by atoms with Gasteiger partial charge in [-0.25, -0.2) is 0 Å². The summed E-state index contributed by atoms with van der Waals surface area (Å²) in [7, 11) is 4.63. The molecule has 4 rings (SSSR count). The maximum absolute atomic E-state index is 13.2. The first kappa shape index (κ1) is 23.0. The molecule has 2 aromatic rings. The number of rotatable bonds is 7. The summed E-state index contributed by atoms with van der Waals surface area (Å²) < 4.78 is 16.2. The molecule has 2 aliphatic heterocycles. The molecule has 0 aliphatic carbocycles. The molecule has 2 heterocycles. The predicted molar refractivity (Wildman–Crippen MR) is 126 cm³/mol. The van der Waals surface area contributed by atoms with Gasteiger partial charge in [0.15, 0.2) is 11.5 Å². The van der Waals surface area contributed by atoms with E-state index in [1.165, 1.54) is 5.56 Å². The van der Waals surface area contributed by atoms with Gasteiger partial charge in [-0.05, 0) is 30.7 Å². The normalized spacial score (nSPS) is 19.0. The standard InChI is InChI=1S/C26H32N2O5/c1-31-22-15-21(16-23(32-2)25(22)33-3)28-17-20(14-24(28)29)26(30)27-11-9-19(10-12-27)13-18-7-5-4-6-8-18/h4-8,15-16,19-20H,9-14,17H2,1-3H3/t20-/m0/s1. The van der Waals surface area contributed by atoms with E-state index in [0.717, 1.165) is 32.4 Å². The summed E-state index contributed by atoms with van der Waals surface area (Å²) >= 11 is 0. The van der Waals surface area contributed by atoms with Crippen LogP contribution < -0.4 is 19.1 Å². The van der Waals surface area contributed by atoms with E-state index in [4.69, 9.17) is 14.2 Å². The fourth-order valence-electron chi connectivity index (χ4n) is 4.91. The largest absolute Gasteiger partial charge is 0.493 e. The Balaban J connectivity index is 1.39. The van der Waals surface area contributed by atoms with Gasteiger partial charge in [0, 0.05) is 38.2 Å². The Morgan fingerprint density at radius 2 is 1.61 bits per heavy atom. The van der Waals surface area contributed by atoms with Crippen molar-refractivity contribution < 1.29 is 23.8 Å². The number of piperidine rings is 1. The van der Waals surface area contributed by atoms with E-state index in [0.29, 0.717) is 35.4 Å². The van der Waals surface area contributed by atoms with Crippen LogP contribution in [0.4, 0.5) is 5.69 Å². The average Bonchev–Trinajstić information content (AvgIpc) is 3.25. The summed E-state index contributed by atoms with van der Waals surface area (Å²) in [4.78, 5) is 29.6. The third-order valence-corrected chi connectivity index (χ3v) is 6.73. The zero-order valence-electron chi connectivity index (χ0n) is 19.6. The minimum atomic E-state index is -0.331. The topological polar surface area (TPSA) is 68.3 Å². The molecule has 1 atom stereocenters. The van der Waals surface area contributed by atoms with Crippen molar-refractivity contribution in [2.75, 3.05) is 45.9 Å². The highest BCUT2D eigenvalue weighted by Gasteiger charge is 2.38. The van der Waals surface area contributed by atoms with E-state index < -0.39 is 0 Å². The van der Waals surface area contributed by atoms with Gasteiger partial charge in [0.1, 0.15) is 0 Å². The molecule has 0 radical (unpaired) electrons. The fraction of sp³-hybridized carbons (Fsp3) is 0.462. The Labute approximate surface area is 195 Å². The Hall–Kier alpha value is -3.22. The molecule has 2 aromatic carbocycles. The second-order valence-electron chi connectivity index (χ2n) is 8.75. The van der Waals surface area contributed by atoms with Crippen LogP contribution in [0.15, 0.2) is 42.5 Å². The first-order chi connectivity index (χ1) is 16.0. The lowest BCUT2D eigenvalue weighted by Gasteiger charge is -2.33. The van der Waals surface area contributed by atoms with E-state index >= 15 is 0 Å². The van der Waals surface area contributed by atoms with Crippen LogP contribution in [0.2, 0.25) is 0 Å². The number of likely N-dealkylation sites (tertiary alicyclic amines) is 1. The van der Waals surface area contributed by atoms with Crippen molar-refractivity contribution in [1.29, 1.82) is 0 Å². The van der Waals surface area contributed by atoms with Gasteiger partial charge >= 0.3 is 0 Å². The highest BCUT2D eigenvalue weighted by atomic mass is 16.5. The molecule has 0 aromatic heterocycles. The zero-order chi connectivity index (χ0) is 23.4. The molecule has 2 fully saturated rings. The molecule has 2 saturated heterocycles. The second kappa shape index (κ2) is 10.1. The molecule has 0 saturated carbocycles. The molecule has 33 heavy (non-hydrogen) atoms. The maximum Gasteiger partial charge on any atom is 0.228 e. The van der Waals surface area contributed by atoms with Crippen LogP contribution in [0.3, 0.4) is 0 Å². The summed E-state index contributed by atoms with van der Waals surface area (Å²) in [5.41, 5.74) is 2.00. The minimum Gasteiger partial charge on any atom is -0.493 e. The molecule has 2 amide bonds. The molecule has 2 aliphatic rings. The highest BCUT2D eigenvalue weighted by molar-refractivity contribution is 6.00. The molecule has 176 valence electrons. The van der Waals surface area contributed by atoms with Gasteiger partial charge in [-0.15, -0.1) is 0 Å². The quantitative estimate of drug-likeness (QED) is 0.643. The maximum atomic E-state index is 13.2. The third-order valence-electron chi connectivity index (χ3n) is 6.73. The van der Waals surface area contributed by atoms with Crippen LogP contribution >= 0.6 is 0 Å². The average molecular weight is 453 g/mol. The van der Waals surface area contributed by atoms with E-state index in [1.807, 2.05) is 11.0 Å². The van der Waals surface area contributed by atoms with Crippen molar-refractivity contribution in [3.05, 3.63) is 48.0 Å². The number of ether oxygens (including phenoxy) is 3. The highest BCUT2D eigenvalue weighted by Crippen LogP contribution is 2.42. The molecular formula is C26H32N2O5. The molecule has 0 spiro atoms. The summed E-state index contributed by atoms with van der Waals surface area (Å²) in [6.07, 6.45) is 3.27. The van der Waals surface area contributed by atoms with Crippen LogP contribution in [0, 0.1) is 11.8 Å². The minimum absolute atomic E-state index is 0.0680. The number of hydrogen-bond donors (Lipinski definition) is 0. The number of carbonyl (C=O) groups excluding carboxylic acids is 2. The molecule has 0 bridgehead atoms. The van der Waals surface area contributed by atoms with Crippen molar-refractivity contribution in [1.82, 2.24) is 4.90 Å². The second-order valence-corrected chi connectivity index (χ2v) is 8.75. The molecular weight excluding hydrogens is 420 g/mol. The monoisotopic (exact) mass is 452 g/mol. The first-order valence-electron chi connectivity index (χ1n) is 11.5. The van der Waals surface area contributed by atoms with Crippen molar-refractivity contribution in [2.45, 2.75) is 25.7 Å². The molecule has 0 N–H and O–H groups in total. The number of amides is 2. The van der Waals surface area contributed by atoms with Crippen LogP contribution in [-0.4, -0.2) is 57.7 Å². The fourth-order valence-corrected chi connectivity index (χ4v) is 4.91. The van der Waals surface area contributed by atoms with Gasteiger partial charge < -0.3 is 24.0 Å². The lowest BCUT2D eigenvalue weighted by Crippen LogP contribution is -2.42. The van der Waals surface area contributed by atoms with Crippen molar-refractivity contribution in [2.24, 2.45) is 11.8 Å². The summed E-state index contributed by atoms with van der Waals surface area (Å²) in [6, 6.07) is 14.0. The first-order valence-corrected chi connectivity index (χ1v) is 11.5. The Morgan fingerprint density at radius 3 is 2.18 bits per heavy atom. The number of nitrogens with zero attached hydrogens (tertiary/aromatic N) is 2. The Morgan fingerprint density at radius 1 is 0.970 bits per heavy atom. The number of hydrogen-bond acceptors (Lipinski definition) is 5. The lowest BCUT2D eigenvalue weighted by molar-refractivity contribution is -0.137. The van der Waals surface area contributed by atoms with Crippen LogP contribution in [0.1, 0.15) is 24.8 Å². The zero-order valence-corrected chi connectivity index (χ0v) is 19.6. The van der Waals surface area contributed by atoms with Gasteiger partial charge in [0.05, 0.1) is 32.9 Å². The van der Waals surface area contributed by atoms with Crippen molar-refractivity contribution >= 4 is 17.5 Å². The summed E-state index contributed by atoms with van der Waals surface area (Å²) in [6.45, 7) is 1.87. The van der Waals surface area contributed by atoms with Crippen molar-refractivity contribution in [3.63, 3.8) is 0 Å². The predicted octanol–water partition coefficient (Wildman–Crippen LogP) is 3.55. The smallest absolute Gasteiger partial charge is 0.228 e. The van der Waals surface area contributed by atoms with E-state index in [1.54, 1.807) is 38.4 Å². The van der Waals surface area contributed by atoms with Crippen LogP contribution in [0.5, 0.6) is 17.2 Å². The van der Waals surface area contributed by atoms with E-state index in [9.17, 15) is 9.59 Å². The van der Waals surface area contributed by atoms with Crippen LogP contribution in [0.25, 0.3) is 0 Å². The van der Waals surface area contributed by atoms with Crippen LogP contribution in [-0.2, 0) is 16.0 Å². The summed E-state index contributed by atoms with van der Waals surface area (Å²) in [5.74, 6) is 1.71. The Kier molecular flexibility index (Phi) is 7.06.